The van der Waals surface area contributed by atoms with Crippen molar-refractivity contribution in [3.63, 3.8) is 0 Å². The summed E-state index contributed by atoms with van der Waals surface area (Å²) < 4.78 is 0. The number of carboxylic acids is 1. The van der Waals surface area contributed by atoms with E-state index in [1.54, 1.807) is 12.1 Å². The third-order valence-corrected chi connectivity index (χ3v) is 2.68. The number of benzene rings is 2. The van der Waals surface area contributed by atoms with Gasteiger partial charge in [-0.2, -0.15) is 5.26 Å². The summed E-state index contributed by atoms with van der Waals surface area (Å²) in [6.45, 7) is 0. The van der Waals surface area contributed by atoms with Crippen LogP contribution in [-0.4, -0.2) is 17.0 Å². The quantitative estimate of drug-likeness (QED) is 0.893. The highest BCUT2D eigenvalue weighted by molar-refractivity contribution is 6.07. The van der Waals surface area contributed by atoms with Crippen molar-refractivity contribution >= 4 is 17.6 Å². The van der Waals surface area contributed by atoms with Gasteiger partial charge < -0.3 is 10.4 Å². The van der Waals surface area contributed by atoms with E-state index in [0.29, 0.717) is 11.1 Å². The molecule has 0 fully saturated rings. The molecule has 5 heteroatoms. The molecule has 2 aromatic rings. The number of carbonyl (C=O) groups is 2. The Balaban J connectivity index is 2.23. The van der Waals surface area contributed by atoms with E-state index in [4.69, 9.17) is 10.4 Å². The van der Waals surface area contributed by atoms with Crippen molar-refractivity contribution < 1.29 is 14.7 Å². The number of aromatic carboxylic acids is 1. The number of carboxylic acid groups (broad SMARTS) is 1. The van der Waals surface area contributed by atoms with Gasteiger partial charge in [0.25, 0.3) is 5.91 Å². The fourth-order valence-electron chi connectivity index (χ4n) is 1.67. The second-order valence-corrected chi connectivity index (χ2v) is 3.99. The van der Waals surface area contributed by atoms with Gasteiger partial charge in [-0.05, 0) is 36.4 Å². The Morgan fingerprint density at radius 1 is 1.05 bits per heavy atom. The number of rotatable bonds is 3. The first-order valence-corrected chi connectivity index (χ1v) is 5.75. The molecule has 2 aromatic carbocycles. The normalized spacial score (nSPS) is 9.55. The first-order valence-electron chi connectivity index (χ1n) is 5.75. The van der Waals surface area contributed by atoms with Crippen molar-refractivity contribution in [3.8, 4) is 6.07 Å². The Morgan fingerprint density at radius 2 is 1.70 bits per heavy atom. The fraction of sp³-hybridized carbons (Fsp3) is 0. The lowest BCUT2D eigenvalue weighted by Crippen LogP contribution is -2.14. The second-order valence-electron chi connectivity index (χ2n) is 3.99. The topological polar surface area (TPSA) is 90.2 Å². The predicted molar refractivity (Wildman–Crippen MR) is 72.5 cm³/mol. The minimum atomic E-state index is -1.11. The smallest absolute Gasteiger partial charge is 0.337 e. The third-order valence-electron chi connectivity index (χ3n) is 2.68. The maximum atomic E-state index is 12.0. The Morgan fingerprint density at radius 3 is 2.30 bits per heavy atom. The fourth-order valence-corrected chi connectivity index (χ4v) is 1.67. The van der Waals surface area contributed by atoms with Crippen LogP contribution in [0.3, 0.4) is 0 Å². The molecule has 0 atom stereocenters. The van der Waals surface area contributed by atoms with Gasteiger partial charge in [0.2, 0.25) is 0 Å². The second kappa shape index (κ2) is 5.67. The molecule has 0 heterocycles. The summed E-state index contributed by atoms with van der Waals surface area (Å²) in [5.41, 5.74) is 1.06. The van der Waals surface area contributed by atoms with Gasteiger partial charge in [-0.25, -0.2) is 4.79 Å². The van der Waals surface area contributed by atoms with E-state index in [9.17, 15) is 9.59 Å². The molecule has 0 spiro atoms. The number of anilines is 1. The SMILES string of the molecule is N#Cc1ccc(C(=O)Nc2ccccc2C(=O)O)cc1. The lowest BCUT2D eigenvalue weighted by atomic mass is 10.1. The van der Waals surface area contributed by atoms with Crippen LogP contribution in [-0.2, 0) is 0 Å². The molecule has 0 unspecified atom stereocenters. The van der Waals surface area contributed by atoms with Gasteiger partial charge in [0.15, 0.2) is 0 Å². The molecule has 2 rings (SSSR count). The summed E-state index contributed by atoms with van der Waals surface area (Å²) in [7, 11) is 0. The number of carbonyl (C=O) groups excluding carboxylic acids is 1. The summed E-state index contributed by atoms with van der Waals surface area (Å²) >= 11 is 0. The molecular formula is C15H10N2O3. The molecule has 0 aliphatic carbocycles. The van der Waals surface area contributed by atoms with Crippen LogP contribution in [0, 0.1) is 11.3 Å². The van der Waals surface area contributed by atoms with Crippen LogP contribution in [0.2, 0.25) is 0 Å². The number of nitriles is 1. The highest BCUT2D eigenvalue weighted by Crippen LogP contribution is 2.16. The number of amides is 1. The van der Waals surface area contributed by atoms with Gasteiger partial charge in [-0.3, -0.25) is 4.79 Å². The molecule has 20 heavy (non-hydrogen) atoms. The van der Waals surface area contributed by atoms with E-state index in [1.165, 1.54) is 36.4 Å². The summed E-state index contributed by atoms with van der Waals surface area (Å²) in [6, 6.07) is 14.2. The van der Waals surface area contributed by atoms with Crippen LogP contribution in [0.15, 0.2) is 48.5 Å². The lowest BCUT2D eigenvalue weighted by molar-refractivity contribution is 0.0698. The number of nitrogens with zero attached hydrogens (tertiary/aromatic N) is 1. The van der Waals surface area contributed by atoms with Gasteiger partial charge >= 0.3 is 5.97 Å². The van der Waals surface area contributed by atoms with Crippen LogP contribution >= 0.6 is 0 Å². The van der Waals surface area contributed by atoms with Gasteiger partial charge in [0.05, 0.1) is 22.9 Å². The zero-order valence-electron chi connectivity index (χ0n) is 10.3. The number of hydrogen-bond donors (Lipinski definition) is 2. The van der Waals surface area contributed by atoms with Crippen LogP contribution < -0.4 is 5.32 Å². The highest BCUT2D eigenvalue weighted by atomic mass is 16.4. The summed E-state index contributed by atoms with van der Waals surface area (Å²) in [6.07, 6.45) is 0. The molecule has 2 N–H and O–H groups in total. The Hall–Kier alpha value is -3.13. The summed E-state index contributed by atoms with van der Waals surface area (Å²) in [5, 5.41) is 20.3. The first kappa shape index (κ1) is 13.3. The molecular weight excluding hydrogens is 256 g/mol. The summed E-state index contributed by atoms with van der Waals surface area (Å²) in [4.78, 5) is 23.0. The monoisotopic (exact) mass is 266 g/mol. The minimum Gasteiger partial charge on any atom is -0.478 e. The van der Waals surface area contributed by atoms with Gasteiger partial charge in [-0.15, -0.1) is 0 Å². The Labute approximate surface area is 115 Å². The standard InChI is InChI=1S/C15H10N2O3/c16-9-10-5-7-11(8-6-10)14(18)17-13-4-2-1-3-12(13)15(19)20/h1-8H,(H,17,18)(H,19,20). The maximum Gasteiger partial charge on any atom is 0.337 e. The molecule has 1 amide bonds. The highest BCUT2D eigenvalue weighted by Gasteiger charge is 2.12. The third kappa shape index (κ3) is 2.82. The van der Waals surface area contributed by atoms with Crippen molar-refractivity contribution in [2.75, 3.05) is 5.32 Å². The van der Waals surface area contributed by atoms with Crippen molar-refractivity contribution in [2.24, 2.45) is 0 Å². The zero-order valence-corrected chi connectivity index (χ0v) is 10.3. The molecule has 5 nitrogen and oxygen atoms in total. The molecule has 0 bridgehead atoms. The van der Waals surface area contributed by atoms with Crippen LogP contribution in [0.4, 0.5) is 5.69 Å². The average molecular weight is 266 g/mol. The lowest BCUT2D eigenvalue weighted by Gasteiger charge is -2.08. The van der Waals surface area contributed by atoms with Crippen LogP contribution in [0.5, 0.6) is 0 Å². The van der Waals surface area contributed by atoms with Crippen molar-refractivity contribution in [1.29, 1.82) is 5.26 Å². The Kier molecular flexibility index (Phi) is 3.77. The maximum absolute atomic E-state index is 12.0. The van der Waals surface area contributed by atoms with E-state index in [0.717, 1.165) is 0 Å². The molecule has 0 saturated heterocycles. The van der Waals surface area contributed by atoms with E-state index in [2.05, 4.69) is 5.32 Å². The van der Waals surface area contributed by atoms with Crippen molar-refractivity contribution in [1.82, 2.24) is 0 Å². The van der Waals surface area contributed by atoms with Gasteiger partial charge in [0, 0.05) is 5.56 Å². The number of para-hydroxylation sites is 1. The van der Waals surface area contributed by atoms with E-state index in [-0.39, 0.29) is 11.3 Å². The molecule has 98 valence electrons. The molecule has 0 saturated carbocycles. The average Bonchev–Trinajstić information content (AvgIpc) is 2.47. The first-order chi connectivity index (χ1) is 9.61. The van der Waals surface area contributed by atoms with E-state index < -0.39 is 11.9 Å². The van der Waals surface area contributed by atoms with Gasteiger partial charge in [-0.1, -0.05) is 12.1 Å². The van der Waals surface area contributed by atoms with Crippen LogP contribution in [0.25, 0.3) is 0 Å². The minimum absolute atomic E-state index is 0.0227. The number of nitrogens with one attached hydrogen (secondary N) is 1. The van der Waals surface area contributed by atoms with Gasteiger partial charge in [0.1, 0.15) is 0 Å². The van der Waals surface area contributed by atoms with E-state index in [1.807, 2.05) is 6.07 Å². The summed E-state index contributed by atoms with van der Waals surface area (Å²) in [5.74, 6) is -1.54. The van der Waals surface area contributed by atoms with Crippen molar-refractivity contribution in [2.45, 2.75) is 0 Å². The van der Waals surface area contributed by atoms with E-state index >= 15 is 0 Å². The molecule has 0 aliphatic heterocycles. The molecule has 0 radical (unpaired) electrons. The van der Waals surface area contributed by atoms with Crippen LogP contribution in [0.1, 0.15) is 26.3 Å². The molecule has 0 aliphatic rings. The Bertz CT molecular complexity index is 700. The largest absolute Gasteiger partial charge is 0.478 e. The number of hydrogen-bond acceptors (Lipinski definition) is 3. The molecule has 0 aromatic heterocycles. The van der Waals surface area contributed by atoms with Crippen molar-refractivity contribution in [3.05, 3.63) is 65.2 Å². The predicted octanol–water partition coefficient (Wildman–Crippen LogP) is 2.51. The zero-order chi connectivity index (χ0) is 14.5.